The van der Waals surface area contributed by atoms with Crippen LogP contribution >= 0.6 is 0 Å². The molecule has 1 saturated heterocycles. The standard InChI is InChI=1S/C16H18N4O3/c1-11-9-12(19-23-11)10-17-16(22)18-13-5-2-3-6-14(13)20-8-4-7-15(20)21/h2-3,5-6,9H,4,7-8,10H2,1H3,(H2,17,18,22). The molecule has 2 heterocycles. The van der Waals surface area contributed by atoms with E-state index in [1.807, 2.05) is 18.2 Å². The summed E-state index contributed by atoms with van der Waals surface area (Å²) in [6.07, 6.45) is 1.39. The van der Waals surface area contributed by atoms with Crippen LogP contribution in [0.15, 0.2) is 34.9 Å². The minimum absolute atomic E-state index is 0.0812. The minimum Gasteiger partial charge on any atom is -0.361 e. The van der Waals surface area contributed by atoms with E-state index in [1.165, 1.54) is 0 Å². The van der Waals surface area contributed by atoms with Crippen LogP contribution in [-0.4, -0.2) is 23.6 Å². The number of anilines is 2. The van der Waals surface area contributed by atoms with E-state index in [1.54, 1.807) is 24.0 Å². The fraction of sp³-hybridized carbons (Fsp3) is 0.312. The summed E-state index contributed by atoms with van der Waals surface area (Å²) in [7, 11) is 0. The number of aryl methyl sites for hydroxylation is 1. The monoisotopic (exact) mass is 314 g/mol. The minimum atomic E-state index is -0.357. The molecule has 3 rings (SSSR count). The number of nitrogens with zero attached hydrogens (tertiary/aromatic N) is 2. The number of amides is 3. The fourth-order valence-electron chi connectivity index (χ4n) is 2.56. The summed E-state index contributed by atoms with van der Waals surface area (Å²) in [5.74, 6) is 0.776. The Labute approximate surface area is 133 Å². The molecule has 0 radical (unpaired) electrons. The van der Waals surface area contributed by atoms with Crippen molar-refractivity contribution in [2.75, 3.05) is 16.8 Å². The Kier molecular flexibility index (Phi) is 4.27. The maximum atomic E-state index is 12.1. The van der Waals surface area contributed by atoms with Crippen molar-refractivity contribution in [3.8, 4) is 0 Å². The van der Waals surface area contributed by atoms with Gasteiger partial charge in [-0.05, 0) is 25.5 Å². The van der Waals surface area contributed by atoms with E-state index in [9.17, 15) is 9.59 Å². The Hall–Kier alpha value is -2.83. The molecule has 0 bridgehead atoms. The van der Waals surface area contributed by atoms with Crippen molar-refractivity contribution in [2.45, 2.75) is 26.3 Å². The van der Waals surface area contributed by atoms with Crippen LogP contribution in [-0.2, 0) is 11.3 Å². The number of carbonyl (C=O) groups is 2. The molecule has 23 heavy (non-hydrogen) atoms. The summed E-state index contributed by atoms with van der Waals surface area (Å²) in [5, 5.41) is 9.31. The summed E-state index contributed by atoms with van der Waals surface area (Å²) in [6, 6.07) is 8.69. The van der Waals surface area contributed by atoms with E-state index in [4.69, 9.17) is 4.52 Å². The maximum Gasteiger partial charge on any atom is 0.319 e. The number of rotatable bonds is 4. The molecule has 1 aromatic carbocycles. The average molecular weight is 314 g/mol. The van der Waals surface area contributed by atoms with Crippen LogP contribution in [0.3, 0.4) is 0 Å². The molecule has 0 spiro atoms. The van der Waals surface area contributed by atoms with Crippen LogP contribution in [0.5, 0.6) is 0 Å². The van der Waals surface area contributed by atoms with Gasteiger partial charge in [0, 0.05) is 19.0 Å². The zero-order valence-corrected chi connectivity index (χ0v) is 12.8. The Balaban J connectivity index is 1.65. The third kappa shape index (κ3) is 3.50. The first kappa shape index (κ1) is 15.1. The zero-order valence-electron chi connectivity index (χ0n) is 12.8. The highest BCUT2D eigenvalue weighted by atomic mass is 16.5. The molecule has 0 saturated carbocycles. The number of benzene rings is 1. The Morgan fingerprint density at radius 2 is 2.22 bits per heavy atom. The maximum absolute atomic E-state index is 12.1. The van der Waals surface area contributed by atoms with Gasteiger partial charge in [-0.3, -0.25) is 4.79 Å². The second kappa shape index (κ2) is 6.51. The van der Waals surface area contributed by atoms with E-state index < -0.39 is 0 Å². The van der Waals surface area contributed by atoms with Gasteiger partial charge in [-0.15, -0.1) is 0 Å². The van der Waals surface area contributed by atoms with Gasteiger partial charge in [0.1, 0.15) is 11.5 Å². The number of para-hydroxylation sites is 2. The first-order valence-corrected chi connectivity index (χ1v) is 7.50. The number of aromatic nitrogens is 1. The predicted octanol–water partition coefficient (Wildman–Crippen LogP) is 2.43. The number of hydrogen-bond acceptors (Lipinski definition) is 4. The van der Waals surface area contributed by atoms with Crippen molar-refractivity contribution in [2.24, 2.45) is 0 Å². The lowest BCUT2D eigenvalue weighted by atomic mass is 10.2. The van der Waals surface area contributed by atoms with E-state index in [0.717, 1.165) is 12.1 Å². The highest BCUT2D eigenvalue weighted by Gasteiger charge is 2.24. The van der Waals surface area contributed by atoms with Gasteiger partial charge in [0.2, 0.25) is 5.91 Å². The molecule has 0 unspecified atom stereocenters. The summed E-state index contributed by atoms with van der Waals surface area (Å²) in [4.78, 5) is 25.7. The van der Waals surface area contributed by atoms with Crippen molar-refractivity contribution in [3.63, 3.8) is 0 Å². The van der Waals surface area contributed by atoms with E-state index in [0.29, 0.717) is 30.1 Å². The molecule has 7 nitrogen and oxygen atoms in total. The molecule has 1 aromatic heterocycles. The predicted molar refractivity (Wildman–Crippen MR) is 85.1 cm³/mol. The highest BCUT2D eigenvalue weighted by molar-refractivity contribution is 6.01. The van der Waals surface area contributed by atoms with Crippen LogP contribution in [0.1, 0.15) is 24.3 Å². The van der Waals surface area contributed by atoms with Crippen LogP contribution in [0, 0.1) is 6.92 Å². The summed E-state index contributed by atoms with van der Waals surface area (Å²) in [5.41, 5.74) is 1.99. The SMILES string of the molecule is Cc1cc(CNC(=O)Nc2ccccc2N2CCCC2=O)no1. The van der Waals surface area contributed by atoms with Gasteiger partial charge in [0.25, 0.3) is 0 Å². The van der Waals surface area contributed by atoms with Crippen LogP contribution in [0.4, 0.5) is 16.2 Å². The van der Waals surface area contributed by atoms with E-state index >= 15 is 0 Å². The third-order valence-corrected chi connectivity index (χ3v) is 3.62. The average Bonchev–Trinajstić information content (AvgIpc) is 3.14. The Bertz CT molecular complexity index is 726. The van der Waals surface area contributed by atoms with Crippen molar-refractivity contribution >= 4 is 23.3 Å². The molecule has 1 aliphatic rings. The molecule has 7 heteroatoms. The van der Waals surface area contributed by atoms with Gasteiger partial charge in [0.15, 0.2) is 0 Å². The summed E-state index contributed by atoms with van der Waals surface area (Å²) >= 11 is 0. The fourth-order valence-corrected chi connectivity index (χ4v) is 2.56. The van der Waals surface area contributed by atoms with E-state index in [-0.39, 0.29) is 18.5 Å². The van der Waals surface area contributed by atoms with Gasteiger partial charge < -0.3 is 20.1 Å². The lowest BCUT2D eigenvalue weighted by molar-refractivity contribution is -0.117. The molecule has 0 aliphatic carbocycles. The first-order chi connectivity index (χ1) is 11.1. The van der Waals surface area contributed by atoms with Crippen LogP contribution < -0.4 is 15.5 Å². The molecule has 2 aromatic rings. The second-order valence-electron chi connectivity index (χ2n) is 5.40. The normalized spacial score (nSPS) is 14.1. The van der Waals surface area contributed by atoms with Gasteiger partial charge in [-0.2, -0.15) is 0 Å². The number of urea groups is 1. The first-order valence-electron chi connectivity index (χ1n) is 7.50. The summed E-state index contributed by atoms with van der Waals surface area (Å²) < 4.78 is 4.95. The molecule has 1 fully saturated rings. The van der Waals surface area contributed by atoms with Crippen LogP contribution in [0.2, 0.25) is 0 Å². The second-order valence-corrected chi connectivity index (χ2v) is 5.40. The van der Waals surface area contributed by atoms with Gasteiger partial charge in [-0.1, -0.05) is 17.3 Å². The van der Waals surface area contributed by atoms with Gasteiger partial charge in [0.05, 0.1) is 17.9 Å². The Morgan fingerprint density at radius 3 is 2.91 bits per heavy atom. The molecule has 1 aliphatic heterocycles. The van der Waals surface area contributed by atoms with E-state index in [2.05, 4.69) is 15.8 Å². The molecule has 3 amide bonds. The molecule has 0 atom stereocenters. The van der Waals surface area contributed by atoms with Crippen molar-refractivity contribution in [1.82, 2.24) is 10.5 Å². The molecule has 2 N–H and O–H groups in total. The van der Waals surface area contributed by atoms with Crippen molar-refractivity contribution < 1.29 is 14.1 Å². The van der Waals surface area contributed by atoms with Gasteiger partial charge >= 0.3 is 6.03 Å². The van der Waals surface area contributed by atoms with Crippen LogP contribution in [0.25, 0.3) is 0 Å². The zero-order chi connectivity index (χ0) is 16.2. The quantitative estimate of drug-likeness (QED) is 0.907. The number of hydrogen-bond donors (Lipinski definition) is 2. The number of nitrogens with one attached hydrogen (secondary N) is 2. The summed E-state index contributed by atoms with van der Waals surface area (Å²) in [6.45, 7) is 2.74. The molecular formula is C16H18N4O3. The Morgan fingerprint density at radius 1 is 1.39 bits per heavy atom. The smallest absolute Gasteiger partial charge is 0.319 e. The van der Waals surface area contributed by atoms with Crippen molar-refractivity contribution in [1.29, 1.82) is 0 Å². The lowest BCUT2D eigenvalue weighted by Crippen LogP contribution is -2.30. The van der Waals surface area contributed by atoms with Gasteiger partial charge in [-0.25, -0.2) is 4.79 Å². The van der Waals surface area contributed by atoms with Crippen molar-refractivity contribution in [3.05, 3.63) is 41.8 Å². The molecule has 120 valence electrons. The highest BCUT2D eigenvalue weighted by Crippen LogP contribution is 2.29. The molecular weight excluding hydrogens is 296 g/mol. The third-order valence-electron chi connectivity index (χ3n) is 3.62. The number of carbonyl (C=O) groups excluding carboxylic acids is 2. The topological polar surface area (TPSA) is 87.5 Å². The lowest BCUT2D eigenvalue weighted by Gasteiger charge is -2.20. The largest absolute Gasteiger partial charge is 0.361 e.